The third-order valence-electron chi connectivity index (χ3n) is 7.99. The number of carbonyl (C=O) groups is 1. The van der Waals surface area contributed by atoms with Crippen LogP contribution in [0.2, 0.25) is 0 Å². The lowest BCUT2D eigenvalue weighted by molar-refractivity contribution is 0.0930. The summed E-state index contributed by atoms with van der Waals surface area (Å²) in [5, 5.41) is 9.10. The van der Waals surface area contributed by atoms with Gasteiger partial charge in [-0.1, -0.05) is 121 Å². The Labute approximate surface area is 257 Å². The van der Waals surface area contributed by atoms with Crippen LogP contribution < -0.4 is 5.32 Å². The van der Waals surface area contributed by atoms with E-state index in [0.717, 1.165) is 38.7 Å². The topological polar surface area (TPSA) is 75.6 Å². The zero-order chi connectivity index (χ0) is 29.4. The zero-order valence-electron chi connectivity index (χ0n) is 23.4. The molecule has 5 aromatic carbocycles. The van der Waals surface area contributed by atoms with Crippen LogP contribution in [-0.2, 0) is 5.54 Å². The fourth-order valence-corrected chi connectivity index (χ4v) is 6.42. The predicted octanol–water partition coefficient (Wildman–Crippen LogP) is 8.01. The lowest BCUT2D eigenvalue weighted by Gasteiger charge is -2.37. The van der Waals surface area contributed by atoms with Gasteiger partial charge in [0.05, 0.1) is 22.6 Å². The Bertz CT molecular complexity index is 1940. The van der Waals surface area contributed by atoms with E-state index in [4.69, 9.17) is 5.10 Å². The van der Waals surface area contributed by atoms with E-state index in [0.29, 0.717) is 10.1 Å². The number of amides is 1. The monoisotopic (exact) mass is 625 g/mol. The fraction of sp³-hybridized carbons (Fsp3) is 0.0833. The van der Waals surface area contributed by atoms with Crippen molar-refractivity contribution < 1.29 is 4.79 Å². The molecule has 0 bridgehead atoms. The van der Waals surface area contributed by atoms with Crippen LogP contribution in [0.4, 0.5) is 0 Å². The Kier molecular flexibility index (Phi) is 6.87. The van der Waals surface area contributed by atoms with Gasteiger partial charge < -0.3 is 10.3 Å². The Morgan fingerprint density at radius 2 is 1.30 bits per heavy atom. The second-order valence-electron chi connectivity index (χ2n) is 10.6. The number of H-pyrrole nitrogens is 1. The van der Waals surface area contributed by atoms with Crippen molar-refractivity contribution in [2.45, 2.75) is 18.5 Å². The van der Waals surface area contributed by atoms with Crippen LogP contribution in [0.25, 0.3) is 21.9 Å². The van der Waals surface area contributed by atoms with Crippen molar-refractivity contribution in [3.63, 3.8) is 0 Å². The normalized spacial score (nSPS) is 12.4. The number of hydrogen-bond acceptors (Lipinski definition) is 3. The molecular weight excluding hydrogens is 598 g/mol. The van der Waals surface area contributed by atoms with Gasteiger partial charge in [-0.05, 0) is 57.2 Å². The highest BCUT2D eigenvalue weighted by atomic mass is 79.9. The molecule has 0 spiro atoms. The highest BCUT2D eigenvalue weighted by Gasteiger charge is 2.41. The van der Waals surface area contributed by atoms with E-state index in [1.165, 1.54) is 0 Å². The molecule has 0 aliphatic carbocycles. The Morgan fingerprint density at radius 1 is 0.791 bits per heavy atom. The predicted molar refractivity (Wildman–Crippen MR) is 174 cm³/mol. The summed E-state index contributed by atoms with van der Waals surface area (Å²) in [4.78, 5) is 21.2. The third kappa shape index (κ3) is 4.62. The first-order valence-corrected chi connectivity index (χ1v) is 15.0. The van der Waals surface area contributed by atoms with E-state index in [9.17, 15) is 4.79 Å². The summed E-state index contributed by atoms with van der Waals surface area (Å²) in [5.41, 5.74) is 5.80. The van der Waals surface area contributed by atoms with E-state index in [1.54, 1.807) is 0 Å². The fourth-order valence-electron chi connectivity index (χ4n) is 5.94. The molecule has 0 saturated heterocycles. The van der Waals surface area contributed by atoms with Gasteiger partial charge in [-0.15, -0.1) is 0 Å². The molecule has 210 valence electrons. The second-order valence-corrected chi connectivity index (χ2v) is 11.3. The van der Waals surface area contributed by atoms with Gasteiger partial charge in [0.1, 0.15) is 10.1 Å². The number of rotatable bonds is 7. The van der Waals surface area contributed by atoms with Gasteiger partial charge in [0.25, 0.3) is 5.91 Å². The first-order valence-electron chi connectivity index (χ1n) is 14.2. The van der Waals surface area contributed by atoms with Crippen molar-refractivity contribution in [1.29, 1.82) is 0 Å². The van der Waals surface area contributed by atoms with E-state index in [2.05, 4.69) is 109 Å². The Balaban J connectivity index is 1.42. The number of hydrogen-bond donors (Lipinski definition) is 2. The largest absolute Gasteiger partial charge is 0.343 e. The minimum absolute atomic E-state index is 0.160. The van der Waals surface area contributed by atoms with Crippen molar-refractivity contribution in [2.24, 2.45) is 0 Å². The van der Waals surface area contributed by atoms with E-state index in [-0.39, 0.29) is 17.8 Å². The van der Waals surface area contributed by atoms with Crippen LogP contribution in [0.3, 0.4) is 0 Å². The maximum absolute atomic E-state index is 13.2. The number of aromatic nitrogens is 4. The highest BCUT2D eigenvalue weighted by molar-refractivity contribution is 9.10. The number of benzene rings is 5. The molecule has 1 atom stereocenters. The number of carbonyl (C=O) groups excluding carboxylic acids is 1. The zero-order valence-corrected chi connectivity index (χ0v) is 25.0. The van der Waals surface area contributed by atoms with E-state index >= 15 is 0 Å². The summed E-state index contributed by atoms with van der Waals surface area (Å²) >= 11 is 3.76. The maximum atomic E-state index is 13.2. The first kappa shape index (κ1) is 26.9. The van der Waals surface area contributed by atoms with Crippen molar-refractivity contribution in [1.82, 2.24) is 25.1 Å². The molecule has 2 aromatic heterocycles. The van der Waals surface area contributed by atoms with Crippen LogP contribution in [0.1, 0.15) is 45.8 Å². The smallest absolute Gasteiger partial charge is 0.287 e. The van der Waals surface area contributed by atoms with Gasteiger partial charge in [0.2, 0.25) is 0 Å². The summed E-state index contributed by atoms with van der Waals surface area (Å²) < 4.78 is 2.78. The van der Waals surface area contributed by atoms with Crippen molar-refractivity contribution in [3.8, 4) is 0 Å². The van der Waals surface area contributed by atoms with Gasteiger partial charge in [-0.2, -0.15) is 5.10 Å². The maximum Gasteiger partial charge on any atom is 0.287 e. The molecule has 2 heterocycles. The lowest BCUT2D eigenvalue weighted by atomic mass is 9.77. The molecule has 7 heteroatoms. The van der Waals surface area contributed by atoms with Crippen LogP contribution in [-0.4, -0.2) is 25.7 Å². The number of nitrogens with zero attached hydrogens (tertiary/aromatic N) is 3. The molecule has 1 amide bonds. The van der Waals surface area contributed by atoms with Gasteiger partial charge in [-0.25, -0.2) is 9.67 Å². The van der Waals surface area contributed by atoms with Gasteiger partial charge in [0, 0.05) is 5.39 Å². The Morgan fingerprint density at radius 3 is 1.84 bits per heavy atom. The minimum atomic E-state index is -0.785. The second kappa shape index (κ2) is 11.0. The summed E-state index contributed by atoms with van der Waals surface area (Å²) in [6.45, 7) is 1.96. The van der Waals surface area contributed by atoms with Crippen LogP contribution in [0.15, 0.2) is 138 Å². The van der Waals surface area contributed by atoms with Crippen LogP contribution in [0.5, 0.6) is 0 Å². The van der Waals surface area contributed by atoms with Gasteiger partial charge in [0.15, 0.2) is 5.82 Å². The summed E-state index contributed by atoms with van der Waals surface area (Å²) in [7, 11) is 0. The molecule has 0 aliphatic rings. The van der Waals surface area contributed by atoms with E-state index in [1.807, 2.05) is 67.6 Å². The number of fused-ring (bicyclic) bond motifs is 2. The van der Waals surface area contributed by atoms with Crippen molar-refractivity contribution >= 4 is 43.8 Å². The molecular formula is C36H28BrN5O. The summed E-state index contributed by atoms with van der Waals surface area (Å²) in [6.07, 6.45) is 0. The summed E-state index contributed by atoms with van der Waals surface area (Å²) in [5.74, 6) is 0.00557. The SMILES string of the molecule is C[C@@H](NC(=O)c1nc2cc3c(Br)nn(C(c4ccccc4)(c4ccccc4)c4ccccc4)c3cc2[nH]1)c1ccccc1. The third-order valence-corrected chi connectivity index (χ3v) is 8.58. The molecule has 0 aliphatic heterocycles. The Hall–Kier alpha value is -5.01. The van der Waals surface area contributed by atoms with E-state index < -0.39 is 5.54 Å². The first-order chi connectivity index (χ1) is 21.1. The van der Waals surface area contributed by atoms with Gasteiger partial charge in [-0.3, -0.25) is 4.79 Å². The van der Waals surface area contributed by atoms with Crippen LogP contribution >= 0.6 is 15.9 Å². The minimum Gasteiger partial charge on any atom is -0.343 e. The molecule has 0 unspecified atom stereocenters. The molecule has 6 nitrogen and oxygen atoms in total. The average molecular weight is 627 g/mol. The van der Waals surface area contributed by atoms with Crippen LogP contribution in [0, 0.1) is 0 Å². The number of imidazole rings is 1. The average Bonchev–Trinajstić information content (AvgIpc) is 3.63. The van der Waals surface area contributed by atoms with Crippen molar-refractivity contribution in [2.75, 3.05) is 0 Å². The van der Waals surface area contributed by atoms with Gasteiger partial charge >= 0.3 is 0 Å². The summed E-state index contributed by atoms with van der Waals surface area (Å²) in [6, 6.07) is 45.1. The molecule has 7 aromatic rings. The quantitative estimate of drug-likeness (QED) is 0.176. The molecule has 0 fully saturated rings. The molecule has 7 rings (SSSR count). The molecule has 2 N–H and O–H groups in total. The molecule has 0 saturated carbocycles. The van der Waals surface area contributed by atoms with Crippen molar-refractivity contribution in [3.05, 3.63) is 166 Å². The number of aromatic amines is 1. The molecule has 0 radical (unpaired) electrons. The lowest BCUT2D eigenvalue weighted by Crippen LogP contribution is -2.38. The number of halogens is 1. The number of nitrogens with one attached hydrogen (secondary N) is 2. The molecule has 43 heavy (non-hydrogen) atoms. The standard InChI is InChI=1S/C36H28BrN5O/c1-24(25-14-6-2-7-15-25)38-35(43)34-39-30-22-29-32(23-31(30)40-34)42(41-33(29)37)36(26-16-8-3-9-17-26,27-18-10-4-11-19-27)28-20-12-5-13-21-28/h2-24H,1H3,(H,38,43)(H,39,40)/t24-/m1/s1. The highest BCUT2D eigenvalue weighted by Crippen LogP contribution is 2.43.